The first-order chi connectivity index (χ1) is 8.06. The highest BCUT2D eigenvalue weighted by atomic mass is 79.9. The number of halogens is 3. The molecule has 2 aromatic rings. The van der Waals surface area contributed by atoms with Crippen molar-refractivity contribution in [2.75, 3.05) is 0 Å². The molecule has 0 saturated heterocycles. The zero-order chi connectivity index (χ0) is 12.4. The van der Waals surface area contributed by atoms with E-state index in [2.05, 4.69) is 31.9 Å². The molecule has 0 radical (unpaired) electrons. The first-order valence-electron chi connectivity index (χ1n) is 4.96. The number of aliphatic hydroxyl groups is 1. The first-order valence-corrected chi connectivity index (χ1v) is 6.92. The maximum Gasteiger partial charge on any atom is 0.104 e. The Morgan fingerprint density at radius 2 is 1.41 bits per heavy atom. The fourth-order valence-corrected chi connectivity index (χ4v) is 3.03. The summed E-state index contributed by atoms with van der Waals surface area (Å²) in [5, 5.41) is 10.9. The van der Waals surface area contributed by atoms with Gasteiger partial charge in [-0.15, -0.1) is 0 Å². The summed E-state index contributed by atoms with van der Waals surface area (Å²) in [6.45, 7) is 0. The largest absolute Gasteiger partial charge is 0.384 e. The van der Waals surface area contributed by atoms with Crippen LogP contribution in [0.3, 0.4) is 0 Å². The topological polar surface area (TPSA) is 20.2 Å². The molecule has 1 atom stereocenters. The number of benzene rings is 2. The summed E-state index contributed by atoms with van der Waals surface area (Å²) in [4.78, 5) is 0. The molecule has 2 rings (SSSR count). The summed E-state index contributed by atoms with van der Waals surface area (Å²) in [6.07, 6.45) is -0.652. The number of rotatable bonds is 2. The van der Waals surface area contributed by atoms with Crippen molar-refractivity contribution in [3.63, 3.8) is 0 Å². The van der Waals surface area contributed by atoms with E-state index in [0.717, 1.165) is 20.1 Å². The van der Waals surface area contributed by atoms with E-state index in [1.807, 2.05) is 30.3 Å². The number of aliphatic hydroxyl groups excluding tert-OH is 1. The lowest BCUT2D eigenvalue weighted by Gasteiger charge is -2.12. The van der Waals surface area contributed by atoms with Crippen LogP contribution in [0, 0.1) is 0 Å². The zero-order valence-electron chi connectivity index (χ0n) is 8.70. The van der Waals surface area contributed by atoms with E-state index in [-0.39, 0.29) is 0 Å². The molecule has 0 amide bonds. The fourth-order valence-electron chi connectivity index (χ4n) is 1.57. The lowest BCUT2D eigenvalue weighted by atomic mass is 10.0. The zero-order valence-corrected chi connectivity index (χ0v) is 12.6. The van der Waals surface area contributed by atoms with Crippen LogP contribution < -0.4 is 0 Å². The van der Waals surface area contributed by atoms with Crippen LogP contribution in [-0.4, -0.2) is 5.11 Å². The standard InChI is InChI=1S/C13H9Br2ClO/c14-10-5-9(6-11(15)7-10)13(17)8-1-3-12(16)4-2-8/h1-7,13,17H. The molecule has 2 aromatic carbocycles. The highest BCUT2D eigenvalue weighted by Gasteiger charge is 2.11. The molecular formula is C13H9Br2ClO. The minimum absolute atomic E-state index is 0.652. The Bertz CT molecular complexity index is 505. The summed E-state index contributed by atoms with van der Waals surface area (Å²) in [6, 6.07) is 12.9. The van der Waals surface area contributed by atoms with Gasteiger partial charge in [-0.3, -0.25) is 0 Å². The van der Waals surface area contributed by atoms with E-state index in [1.165, 1.54) is 0 Å². The normalized spacial score (nSPS) is 12.5. The van der Waals surface area contributed by atoms with E-state index in [1.54, 1.807) is 12.1 Å². The van der Waals surface area contributed by atoms with Crippen molar-refractivity contribution in [1.82, 2.24) is 0 Å². The number of hydrogen-bond acceptors (Lipinski definition) is 1. The Kier molecular flexibility index (Phi) is 4.26. The average Bonchev–Trinajstić information content (AvgIpc) is 2.28. The average molecular weight is 376 g/mol. The summed E-state index contributed by atoms with van der Waals surface area (Å²) in [5.74, 6) is 0. The smallest absolute Gasteiger partial charge is 0.104 e. The van der Waals surface area contributed by atoms with Crippen LogP contribution in [0.4, 0.5) is 0 Å². The van der Waals surface area contributed by atoms with E-state index in [9.17, 15) is 5.11 Å². The van der Waals surface area contributed by atoms with Gasteiger partial charge in [-0.1, -0.05) is 55.6 Å². The van der Waals surface area contributed by atoms with Crippen molar-refractivity contribution >= 4 is 43.5 Å². The van der Waals surface area contributed by atoms with Crippen molar-refractivity contribution in [2.24, 2.45) is 0 Å². The third kappa shape index (κ3) is 3.32. The van der Waals surface area contributed by atoms with Crippen LogP contribution in [0.1, 0.15) is 17.2 Å². The van der Waals surface area contributed by atoms with Crippen LogP contribution in [0.5, 0.6) is 0 Å². The second-order valence-corrected chi connectivity index (χ2v) is 5.92. The van der Waals surface area contributed by atoms with E-state index in [0.29, 0.717) is 5.02 Å². The summed E-state index contributed by atoms with van der Waals surface area (Å²) < 4.78 is 1.85. The highest BCUT2D eigenvalue weighted by molar-refractivity contribution is 9.11. The Hall–Kier alpha value is -0.350. The summed E-state index contributed by atoms with van der Waals surface area (Å²) in [5.41, 5.74) is 1.65. The quantitative estimate of drug-likeness (QED) is 0.787. The van der Waals surface area contributed by atoms with Crippen molar-refractivity contribution in [3.8, 4) is 0 Å². The van der Waals surface area contributed by atoms with Crippen LogP contribution in [0.2, 0.25) is 5.02 Å². The monoisotopic (exact) mass is 374 g/mol. The van der Waals surface area contributed by atoms with Crippen LogP contribution in [0.25, 0.3) is 0 Å². The molecule has 0 aliphatic rings. The van der Waals surface area contributed by atoms with Gasteiger partial charge in [-0.05, 0) is 41.5 Å². The van der Waals surface area contributed by atoms with Gasteiger partial charge in [0.25, 0.3) is 0 Å². The van der Waals surface area contributed by atoms with Crippen LogP contribution in [0.15, 0.2) is 51.4 Å². The van der Waals surface area contributed by atoms with Gasteiger partial charge in [0.2, 0.25) is 0 Å². The third-order valence-electron chi connectivity index (χ3n) is 2.39. The lowest BCUT2D eigenvalue weighted by Crippen LogP contribution is -1.99. The highest BCUT2D eigenvalue weighted by Crippen LogP contribution is 2.28. The van der Waals surface area contributed by atoms with Crippen molar-refractivity contribution in [1.29, 1.82) is 0 Å². The molecular weight excluding hydrogens is 367 g/mol. The maximum absolute atomic E-state index is 10.2. The molecule has 1 unspecified atom stereocenters. The first kappa shape index (κ1) is 13.1. The second kappa shape index (κ2) is 5.53. The summed E-state index contributed by atoms with van der Waals surface area (Å²) >= 11 is 12.6. The molecule has 4 heteroatoms. The Balaban J connectivity index is 2.36. The predicted molar refractivity (Wildman–Crippen MR) is 77.4 cm³/mol. The third-order valence-corrected chi connectivity index (χ3v) is 3.55. The maximum atomic E-state index is 10.2. The molecule has 1 N–H and O–H groups in total. The lowest BCUT2D eigenvalue weighted by molar-refractivity contribution is 0.220. The summed E-state index contributed by atoms with van der Waals surface area (Å²) in [7, 11) is 0. The van der Waals surface area contributed by atoms with Gasteiger partial charge in [-0.25, -0.2) is 0 Å². The van der Waals surface area contributed by atoms with Gasteiger partial charge in [0.15, 0.2) is 0 Å². The van der Waals surface area contributed by atoms with Crippen molar-refractivity contribution < 1.29 is 5.11 Å². The number of hydrogen-bond donors (Lipinski definition) is 1. The molecule has 0 spiro atoms. The predicted octanol–water partition coefficient (Wildman–Crippen LogP) is 4.95. The molecule has 0 aromatic heterocycles. The molecule has 0 aliphatic carbocycles. The van der Waals surface area contributed by atoms with E-state index < -0.39 is 6.10 Å². The molecule has 0 heterocycles. The van der Waals surface area contributed by atoms with E-state index in [4.69, 9.17) is 11.6 Å². The SMILES string of the molecule is OC(c1ccc(Cl)cc1)c1cc(Br)cc(Br)c1. The Morgan fingerprint density at radius 3 is 1.94 bits per heavy atom. The molecule has 0 fully saturated rings. The van der Waals surface area contributed by atoms with Crippen molar-refractivity contribution in [3.05, 3.63) is 67.6 Å². The van der Waals surface area contributed by atoms with Crippen LogP contribution >= 0.6 is 43.5 Å². The Morgan fingerprint density at radius 1 is 0.882 bits per heavy atom. The fraction of sp³-hybridized carbons (Fsp3) is 0.0769. The van der Waals surface area contributed by atoms with E-state index >= 15 is 0 Å². The van der Waals surface area contributed by atoms with Gasteiger partial charge in [-0.2, -0.15) is 0 Å². The van der Waals surface area contributed by atoms with Crippen molar-refractivity contribution in [2.45, 2.75) is 6.10 Å². The Labute approximate surface area is 122 Å². The van der Waals surface area contributed by atoms with Gasteiger partial charge in [0.05, 0.1) is 0 Å². The van der Waals surface area contributed by atoms with Gasteiger partial charge in [0, 0.05) is 14.0 Å². The second-order valence-electron chi connectivity index (χ2n) is 3.66. The molecule has 88 valence electrons. The molecule has 17 heavy (non-hydrogen) atoms. The molecule has 0 bridgehead atoms. The minimum Gasteiger partial charge on any atom is -0.384 e. The van der Waals surface area contributed by atoms with Gasteiger partial charge >= 0.3 is 0 Å². The van der Waals surface area contributed by atoms with Gasteiger partial charge in [0.1, 0.15) is 6.10 Å². The molecule has 0 saturated carbocycles. The van der Waals surface area contributed by atoms with Gasteiger partial charge < -0.3 is 5.11 Å². The minimum atomic E-state index is -0.652. The molecule has 1 nitrogen and oxygen atoms in total. The van der Waals surface area contributed by atoms with Crippen LogP contribution in [-0.2, 0) is 0 Å². The molecule has 0 aliphatic heterocycles.